The molecule has 4 nitrogen and oxygen atoms in total. The molecule has 1 aromatic carbocycles. The van der Waals surface area contributed by atoms with Crippen LogP contribution < -0.4 is 0 Å². The fraction of sp³-hybridized carbons (Fsp3) is 0.333. The first-order valence-electron chi connectivity index (χ1n) is 6.72. The Morgan fingerprint density at radius 1 is 1.29 bits per heavy atom. The maximum absolute atomic E-state index is 6.36. The molecule has 21 heavy (non-hydrogen) atoms. The molecule has 0 saturated heterocycles. The standard InChI is InChI=1S/C15H16BrClN4/c1-8-5-6-11(16)7-12(8)21-14(9(2)17)18-13-10(3)19-20(4)15(13)21/h5-7,9H,1-4H3. The van der Waals surface area contributed by atoms with Gasteiger partial charge in [0.2, 0.25) is 0 Å². The zero-order valence-corrected chi connectivity index (χ0v) is 14.7. The molecule has 0 N–H and O–H groups in total. The summed E-state index contributed by atoms with van der Waals surface area (Å²) >= 11 is 9.90. The summed E-state index contributed by atoms with van der Waals surface area (Å²) in [4.78, 5) is 4.71. The van der Waals surface area contributed by atoms with Gasteiger partial charge in [-0.25, -0.2) is 9.67 Å². The minimum atomic E-state index is -0.185. The minimum absolute atomic E-state index is 0.185. The average Bonchev–Trinajstić information content (AvgIpc) is 2.92. The van der Waals surface area contributed by atoms with Crippen molar-refractivity contribution in [2.24, 2.45) is 7.05 Å². The predicted octanol–water partition coefficient (Wildman–Crippen LogP) is 4.44. The van der Waals surface area contributed by atoms with E-state index in [9.17, 15) is 0 Å². The Kier molecular flexibility index (Phi) is 3.58. The summed E-state index contributed by atoms with van der Waals surface area (Å²) in [7, 11) is 1.93. The van der Waals surface area contributed by atoms with Crippen molar-refractivity contribution in [2.45, 2.75) is 26.1 Å². The SMILES string of the molecule is Cc1ccc(Br)cc1-n1c(C(C)Cl)nc2c(C)nn(C)c21. The van der Waals surface area contributed by atoms with Gasteiger partial charge in [-0.2, -0.15) is 5.10 Å². The average molecular weight is 368 g/mol. The second kappa shape index (κ2) is 5.14. The molecule has 0 bridgehead atoms. The van der Waals surface area contributed by atoms with Crippen molar-refractivity contribution in [1.29, 1.82) is 0 Å². The van der Waals surface area contributed by atoms with E-state index in [-0.39, 0.29) is 5.38 Å². The first kappa shape index (κ1) is 14.6. The number of aryl methyl sites for hydroxylation is 3. The first-order valence-corrected chi connectivity index (χ1v) is 7.95. The van der Waals surface area contributed by atoms with Crippen molar-refractivity contribution in [3.05, 3.63) is 39.8 Å². The van der Waals surface area contributed by atoms with E-state index >= 15 is 0 Å². The Bertz CT molecular complexity index is 832. The van der Waals surface area contributed by atoms with E-state index < -0.39 is 0 Å². The highest BCUT2D eigenvalue weighted by atomic mass is 79.9. The predicted molar refractivity (Wildman–Crippen MR) is 89.3 cm³/mol. The highest BCUT2D eigenvalue weighted by Crippen LogP contribution is 2.31. The van der Waals surface area contributed by atoms with Crippen LogP contribution in [0.1, 0.15) is 29.4 Å². The number of halogens is 2. The van der Waals surface area contributed by atoms with Crippen LogP contribution in [-0.2, 0) is 7.05 Å². The van der Waals surface area contributed by atoms with Gasteiger partial charge in [-0.05, 0) is 38.5 Å². The number of alkyl halides is 1. The van der Waals surface area contributed by atoms with Gasteiger partial charge in [-0.15, -0.1) is 11.6 Å². The summed E-state index contributed by atoms with van der Waals surface area (Å²) in [6.45, 7) is 5.99. The molecule has 0 fully saturated rings. The van der Waals surface area contributed by atoms with Gasteiger partial charge in [0.05, 0.1) is 16.8 Å². The molecule has 0 aliphatic carbocycles. The molecule has 1 atom stereocenters. The summed E-state index contributed by atoms with van der Waals surface area (Å²) in [6, 6.07) is 6.20. The fourth-order valence-electron chi connectivity index (χ4n) is 2.62. The Morgan fingerprint density at radius 3 is 2.67 bits per heavy atom. The Balaban J connectivity index is 2.44. The zero-order valence-electron chi connectivity index (χ0n) is 12.4. The molecule has 0 saturated carbocycles. The molecule has 3 aromatic rings. The number of rotatable bonds is 2. The molecular weight excluding hydrogens is 352 g/mol. The third kappa shape index (κ3) is 2.28. The summed E-state index contributed by atoms with van der Waals surface area (Å²) in [5.41, 5.74) is 5.01. The van der Waals surface area contributed by atoms with E-state index in [0.717, 1.165) is 38.4 Å². The third-order valence-electron chi connectivity index (χ3n) is 3.60. The van der Waals surface area contributed by atoms with Crippen LogP contribution in [0.2, 0.25) is 0 Å². The first-order chi connectivity index (χ1) is 9.90. The number of aromatic nitrogens is 4. The number of hydrogen-bond acceptors (Lipinski definition) is 2. The van der Waals surface area contributed by atoms with Gasteiger partial charge in [-0.3, -0.25) is 4.57 Å². The van der Waals surface area contributed by atoms with Crippen molar-refractivity contribution in [3.63, 3.8) is 0 Å². The van der Waals surface area contributed by atoms with Crippen LogP contribution in [0, 0.1) is 13.8 Å². The normalized spacial score (nSPS) is 13.0. The van der Waals surface area contributed by atoms with Crippen LogP contribution in [-0.4, -0.2) is 19.3 Å². The van der Waals surface area contributed by atoms with E-state index in [1.165, 1.54) is 0 Å². The van der Waals surface area contributed by atoms with Crippen LogP contribution in [0.25, 0.3) is 16.9 Å². The van der Waals surface area contributed by atoms with Crippen LogP contribution in [0.15, 0.2) is 22.7 Å². The Morgan fingerprint density at radius 2 is 2.00 bits per heavy atom. The summed E-state index contributed by atoms with van der Waals surface area (Å²) in [5, 5.41) is 4.28. The molecule has 110 valence electrons. The van der Waals surface area contributed by atoms with Gasteiger partial charge in [0.15, 0.2) is 5.65 Å². The van der Waals surface area contributed by atoms with E-state index in [4.69, 9.17) is 16.6 Å². The second-order valence-electron chi connectivity index (χ2n) is 5.23. The van der Waals surface area contributed by atoms with Gasteiger partial charge >= 0.3 is 0 Å². The zero-order chi connectivity index (χ0) is 15.3. The second-order valence-corrected chi connectivity index (χ2v) is 6.80. The number of benzene rings is 1. The lowest BCUT2D eigenvalue weighted by molar-refractivity contribution is 0.747. The topological polar surface area (TPSA) is 35.6 Å². The molecule has 2 heterocycles. The maximum atomic E-state index is 6.36. The molecule has 1 unspecified atom stereocenters. The fourth-order valence-corrected chi connectivity index (χ4v) is 3.11. The molecular formula is C15H16BrClN4. The quantitative estimate of drug-likeness (QED) is 0.628. The van der Waals surface area contributed by atoms with Crippen molar-refractivity contribution in [1.82, 2.24) is 19.3 Å². The molecule has 0 aliphatic heterocycles. The van der Waals surface area contributed by atoms with Crippen molar-refractivity contribution in [3.8, 4) is 5.69 Å². The highest BCUT2D eigenvalue weighted by molar-refractivity contribution is 9.10. The minimum Gasteiger partial charge on any atom is -0.279 e. The molecule has 0 radical (unpaired) electrons. The van der Waals surface area contributed by atoms with E-state index in [1.807, 2.05) is 31.6 Å². The van der Waals surface area contributed by atoms with Crippen LogP contribution in [0.4, 0.5) is 0 Å². The van der Waals surface area contributed by atoms with E-state index in [0.29, 0.717) is 0 Å². The smallest absolute Gasteiger partial charge is 0.163 e. The van der Waals surface area contributed by atoms with Gasteiger partial charge in [-0.1, -0.05) is 22.0 Å². The number of nitrogens with zero attached hydrogens (tertiary/aromatic N) is 4. The Hall–Kier alpha value is -1.33. The molecule has 0 amide bonds. The van der Waals surface area contributed by atoms with Gasteiger partial charge in [0, 0.05) is 11.5 Å². The van der Waals surface area contributed by atoms with Crippen molar-refractivity contribution in [2.75, 3.05) is 0 Å². The van der Waals surface area contributed by atoms with Gasteiger partial charge in [0.25, 0.3) is 0 Å². The number of fused-ring (bicyclic) bond motifs is 1. The Labute approximate surface area is 136 Å². The molecule has 6 heteroatoms. The molecule has 2 aromatic heterocycles. The summed E-state index contributed by atoms with van der Waals surface area (Å²) in [6.07, 6.45) is 0. The van der Waals surface area contributed by atoms with Crippen molar-refractivity contribution < 1.29 is 0 Å². The van der Waals surface area contributed by atoms with E-state index in [2.05, 4.69) is 44.7 Å². The van der Waals surface area contributed by atoms with Crippen LogP contribution >= 0.6 is 27.5 Å². The summed E-state index contributed by atoms with van der Waals surface area (Å²) in [5.74, 6) is 0.837. The number of hydrogen-bond donors (Lipinski definition) is 0. The molecule has 0 aliphatic rings. The van der Waals surface area contributed by atoms with Gasteiger partial charge < -0.3 is 0 Å². The lowest BCUT2D eigenvalue weighted by Gasteiger charge is -2.14. The van der Waals surface area contributed by atoms with Crippen LogP contribution in [0.3, 0.4) is 0 Å². The maximum Gasteiger partial charge on any atom is 0.163 e. The number of imidazole rings is 1. The molecule has 0 spiro atoms. The third-order valence-corrected chi connectivity index (χ3v) is 4.28. The molecule has 3 rings (SSSR count). The summed E-state index contributed by atoms with van der Waals surface area (Å²) < 4.78 is 4.99. The largest absolute Gasteiger partial charge is 0.279 e. The van der Waals surface area contributed by atoms with Gasteiger partial charge in [0.1, 0.15) is 11.3 Å². The van der Waals surface area contributed by atoms with Crippen LogP contribution in [0.5, 0.6) is 0 Å². The highest BCUT2D eigenvalue weighted by Gasteiger charge is 2.22. The monoisotopic (exact) mass is 366 g/mol. The van der Waals surface area contributed by atoms with E-state index in [1.54, 1.807) is 0 Å². The van der Waals surface area contributed by atoms with Crippen molar-refractivity contribution >= 4 is 38.7 Å². The lowest BCUT2D eigenvalue weighted by Crippen LogP contribution is -2.07. The lowest BCUT2D eigenvalue weighted by atomic mass is 10.2.